The molecular formula is C12H6F6N2O. The summed E-state index contributed by atoms with van der Waals surface area (Å²) in [6.45, 7) is 0. The maximum absolute atomic E-state index is 12.7. The highest BCUT2D eigenvalue weighted by Crippen LogP contribution is 2.40. The van der Waals surface area contributed by atoms with Crippen molar-refractivity contribution in [1.29, 1.82) is 0 Å². The Balaban J connectivity index is 2.80. The van der Waals surface area contributed by atoms with Crippen LogP contribution in [0, 0.1) is 0 Å². The van der Waals surface area contributed by atoms with Crippen molar-refractivity contribution in [3.05, 3.63) is 41.1 Å². The Bertz CT molecular complexity index is 720. The summed E-state index contributed by atoms with van der Waals surface area (Å²) in [5.41, 5.74) is 0.480. The largest absolute Gasteiger partial charge is 0.433 e. The van der Waals surface area contributed by atoms with Crippen LogP contribution in [0.2, 0.25) is 0 Å². The molecule has 1 amide bonds. The molecular weight excluding hydrogens is 302 g/mol. The molecule has 0 radical (unpaired) electrons. The molecule has 1 heterocycles. The molecule has 9 heteroatoms. The molecule has 0 unspecified atom stereocenters. The molecule has 0 aliphatic heterocycles. The van der Waals surface area contributed by atoms with Crippen LogP contribution in [0.1, 0.15) is 21.6 Å². The minimum absolute atomic E-state index is 0.150. The fourth-order valence-corrected chi connectivity index (χ4v) is 1.75. The minimum Gasteiger partial charge on any atom is -0.366 e. The highest BCUT2D eigenvalue weighted by atomic mass is 19.4. The van der Waals surface area contributed by atoms with Gasteiger partial charge >= 0.3 is 12.4 Å². The first-order valence-corrected chi connectivity index (χ1v) is 5.39. The number of nitrogens with two attached hydrogens (primary N) is 1. The number of nitrogens with zero attached hydrogens (tertiary/aromatic N) is 1. The van der Waals surface area contributed by atoms with Gasteiger partial charge in [-0.15, -0.1) is 0 Å². The third-order valence-corrected chi connectivity index (χ3v) is 2.68. The number of fused-ring (bicyclic) bond motifs is 1. The third kappa shape index (κ3) is 2.91. The lowest BCUT2D eigenvalue weighted by Crippen LogP contribution is -2.19. The second-order valence-corrected chi connectivity index (χ2v) is 4.15. The quantitative estimate of drug-likeness (QED) is 0.821. The molecule has 0 spiro atoms. The zero-order chi connectivity index (χ0) is 16.0. The molecule has 0 atom stereocenters. The molecule has 0 saturated carbocycles. The average molecular weight is 308 g/mol. The molecule has 1 aromatic heterocycles. The van der Waals surface area contributed by atoms with Crippen molar-refractivity contribution in [3.8, 4) is 0 Å². The van der Waals surface area contributed by atoms with E-state index in [1.54, 1.807) is 0 Å². The molecule has 0 aliphatic rings. The van der Waals surface area contributed by atoms with Crippen LogP contribution in [0.4, 0.5) is 26.3 Å². The number of amides is 1. The number of carbonyl (C=O) groups excluding carboxylic acids is 1. The average Bonchev–Trinajstić information content (AvgIpc) is 2.34. The number of pyridine rings is 1. The number of aromatic nitrogens is 1. The van der Waals surface area contributed by atoms with Crippen molar-refractivity contribution in [2.24, 2.45) is 5.73 Å². The van der Waals surface area contributed by atoms with Gasteiger partial charge in [-0.2, -0.15) is 26.3 Å². The molecule has 112 valence electrons. The summed E-state index contributed by atoms with van der Waals surface area (Å²) >= 11 is 0. The lowest BCUT2D eigenvalue weighted by Gasteiger charge is -2.15. The van der Waals surface area contributed by atoms with Crippen molar-refractivity contribution >= 4 is 16.8 Å². The van der Waals surface area contributed by atoms with E-state index < -0.39 is 35.0 Å². The van der Waals surface area contributed by atoms with Gasteiger partial charge in [-0.3, -0.25) is 4.79 Å². The number of halogens is 6. The Morgan fingerprint density at radius 3 is 2.10 bits per heavy atom. The third-order valence-electron chi connectivity index (χ3n) is 2.68. The summed E-state index contributed by atoms with van der Waals surface area (Å²) in [7, 11) is 0. The zero-order valence-corrected chi connectivity index (χ0v) is 10.0. The predicted octanol–water partition coefficient (Wildman–Crippen LogP) is 3.37. The van der Waals surface area contributed by atoms with Crippen LogP contribution >= 0.6 is 0 Å². The number of alkyl halides is 6. The first kappa shape index (κ1) is 15.1. The van der Waals surface area contributed by atoms with Gasteiger partial charge in [-0.1, -0.05) is 6.07 Å². The first-order valence-electron chi connectivity index (χ1n) is 5.39. The van der Waals surface area contributed by atoms with Gasteiger partial charge < -0.3 is 5.73 Å². The van der Waals surface area contributed by atoms with Crippen molar-refractivity contribution < 1.29 is 31.1 Å². The monoisotopic (exact) mass is 308 g/mol. The van der Waals surface area contributed by atoms with Crippen molar-refractivity contribution in [2.45, 2.75) is 12.4 Å². The molecule has 2 aromatic rings. The van der Waals surface area contributed by atoms with E-state index in [9.17, 15) is 31.1 Å². The van der Waals surface area contributed by atoms with E-state index in [0.29, 0.717) is 6.07 Å². The molecule has 1 aromatic carbocycles. The topological polar surface area (TPSA) is 56.0 Å². The number of carbonyl (C=O) groups is 1. The fourth-order valence-electron chi connectivity index (χ4n) is 1.75. The van der Waals surface area contributed by atoms with E-state index >= 15 is 0 Å². The Kier molecular flexibility index (Phi) is 3.31. The Labute approximate surface area is 113 Å². The van der Waals surface area contributed by atoms with Gasteiger partial charge in [0.15, 0.2) is 5.69 Å². The van der Waals surface area contributed by atoms with E-state index in [1.807, 2.05) is 0 Å². The van der Waals surface area contributed by atoms with Gasteiger partial charge in [0.1, 0.15) is 0 Å². The first-order chi connectivity index (χ1) is 9.50. The van der Waals surface area contributed by atoms with E-state index in [2.05, 4.69) is 4.98 Å². The van der Waals surface area contributed by atoms with Crippen LogP contribution in [0.25, 0.3) is 10.9 Å². The lowest BCUT2D eigenvalue weighted by molar-refractivity contribution is -0.164. The lowest BCUT2D eigenvalue weighted by atomic mass is 10.1. The molecule has 2 rings (SSSR count). The number of hydrogen-bond donors (Lipinski definition) is 1. The van der Waals surface area contributed by atoms with Crippen LogP contribution in [0.5, 0.6) is 0 Å². The molecule has 2 N–H and O–H groups in total. The van der Waals surface area contributed by atoms with Crippen molar-refractivity contribution in [3.63, 3.8) is 0 Å². The Morgan fingerprint density at radius 2 is 1.62 bits per heavy atom. The summed E-state index contributed by atoms with van der Waals surface area (Å²) < 4.78 is 76.2. The maximum Gasteiger partial charge on any atom is 0.433 e. The van der Waals surface area contributed by atoms with Crippen LogP contribution < -0.4 is 5.73 Å². The standard InChI is InChI=1S/C12H6F6N2O/c13-11(14,15)7-3-5-1-2-6(10(19)21)4-8(5)20-9(7)12(16,17)18/h1-4H,(H2,19,21). The predicted molar refractivity (Wildman–Crippen MR) is 60.3 cm³/mol. The number of benzene rings is 1. The van der Waals surface area contributed by atoms with Gasteiger partial charge in [-0.05, 0) is 18.2 Å². The van der Waals surface area contributed by atoms with E-state index in [1.165, 1.54) is 0 Å². The van der Waals surface area contributed by atoms with Crippen molar-refractivity contribution in [1.82, 2.24) is 4.98 Å². The van der Waals surface area contributed by atoms with Gasteiger partial charge in [0.05, 0.1) is 11.1 Å². The highest BCUT2D eigenvalue weighted by Gasteiger charge is 2.44. The SMILES string of the molecule is NC(=O)c1ccc2cc(C(F)(F)F)c(C(F)(F)F)nc2c1. The van der Waals surface area contributed by atoms with E-state index in [-0.39, 0.29) is 10.9 Å². The minimum atomic E-state index is -5.28. The molecule has 3 nitrogen and oxygen atoms in total. The van der Waals surface area contributed by atoms with Crippen LogP contribution in [0.3, 0.4) is 0 Å². The van der Waals surface area contributed by atoms with Crippen LogP contribution in [-0.4, -0.2) is 10.9 Å². The smallest absolute Gasteiger partial charge is 0.366 e. The molecule has 21 heavy (non-hydrogen) atoms. The van der Waals surface area contributed by atoms with Gasteiger partial charge in [0, 0.05) is 10.9 Å². The Morgan fingerprint density at radius 1 is 1.00 bits per heavy atom. The number of primary amides is 1. The van der Waals surface area contributed by atoms with Crippen LogP contribution in [-0.2, 0) is 12.4 Å². The summed E-state index contributed by atoms with van der Waals surface area (Å²) in [5.74, 6) is -0.924. The zero-order valence-electron chi connectivity index (χ0n) is 10.0. The molecule has 0 bridgehead atoms. The second-order valence-electron chi connectivity index (χ2n) is 4.15. The van der Waals surface area contributed by atoms with E-state index in [0.717, 1.165) is 18.2 Å². The number of hydrogen-bond acceptors (Lipinski definition) is 2. The normalized spacial score (nSPS) is 12.7. The maximum atomic E-state index is 12.7. The summed E-state index contributed by atoms with van der Waals surface area (Å²) in [5, 5.41) is -0.180. The Hall–Kier alpha value is -2.32. The summed E-state index contributed by atoms with van der Waals surface area (Å²) in [6, 6.07) is 3.42. The van der Waals surface area contributed by atoms with Gasteiger partial charge in [0.2, 0.25) is 5.91 Å². The summed E-state index contributed by atoms with van der Waals surface area (Å²) in [6.07, 6.45) is -10.5. The molecule has 0 aliphatic carbocycles. The summed E-state index contributed by atoms with van der Waals surface area (Å²) in [4.78, 5) is 13.9. The van der Waals surface area contributed by atoms with E-state index in [4.69, 9.17) is 5.73 Å². The molecule has 0 fully saturated rings. The highest BCUT2D eigenvalue weighted by molar-refractivity contribution is 5.96. The fraction of sp³-hybridized carbons (Fsp3) is 0.167. The van der Waals surface area contributed by atoms with Crippen molar-refractivity contribution in [2.75, 3.05) is 0 Å². The molecule has 0 saturated heterocycles. The van der Waals surface area contributed by atoms with Gasteiger partial charge in [0.25, 0.3) is 0 Å². The second kappa shape index (κ2) is 4.61. The van der Waals surface area contributed by atoms with Crippen LogP contribution in [0.15, 0.2) is 24.3 Å². The number of rotatable bonds is 1. The van der Waals surface area contributed by atoms with Gasteiger partial charge in [-0.25, -0.2) is 4.98 Å².